The van der Waals surface area contributed by atoms with Gasteiger partial charge in [0.2, 0.25) is 0 Å². The second-order valence-corrected chi connectivity index (χ2v) is 15.0. The molecule has 22 heteroatoms. The lowest BCUT2D eigenvalue weighted by molar-refractivity contribution is -0.142. The van der Waals surface area contributed by atoms with Crippen molar-refractivity contribution >= 4 is 77.0 Å². The van der Waals surface area contributed by atoms with Crippen LogP contribution in [-0.4, -0.2) is 49.3 Å². The van der Waals surface area contributed by atoms with Crippen LogP contribution in [0.3, 0.4) is 0 Å². The Morgan fingerprint density at radius 1 is 0.648 bits per heavy atom. The molecule has 0 spiro atoms. The number of benzene rings is 2. The molecule has 4 heterocycles. The van der Waals surface area contributed by atoms with E-state index in [1.807, 2.05) is 13.8 Å². The van der Waals surface area contributed by atoms with Gasteiger partial charge in [-0.25, -0.2) is 18.1 Å². The summed E-state index contributed by atoms with van der Waals surface area (Å²) in [6.45, 7) is 4.69. The molecule has 0 radical (unpaired) electrons. The number of aliphatic hydroxyl groups is 2. The highest BCUT2D eigenvalue weighted by Gasteiger charge is 2.38. The summed E-state index contributed by atoms with van der Waals surface area (Å²) in [6, 6.07) is 8.76. The van der Waals surface area contributed by atoms with Crippen molar-refractivity contribution in [3.05, 3.63) is 123 Å². The van der Waals surface area contributed by atoms with Gasteiger partial charge < -0.3 is 10.2 Å². The summed E-state index contributed by atoms with van der Waals surface area (Å²) in [5, 5.41) is 36.9. The molecule has 2 aromatic carbocycles. The predicted octanol–water partition coefficient (Wildman–Crippen LogP) is 9.39. The third kappa shape index (κ3) is 8.86. The molecule has 2 unspecified atom stereocenters. The lowest BCUT2D eigenvalue weighted by Gasteiger charge is -2.14. The van der Waals surface area contributed by atoms with E-state index >= 15 is 0 Å². The van der Waals surface area contributed by atoms with Gasteiger partial charge in [0, 0.05) is 31.4 Å². The number of alkyl halides is 6. The van der Waals surface area contributed by atoms with Gasteiger partial charge in [-0.1, -0.05) is 0 Å². The number of hydrogen-bond donors (Lipinski definition) is 2. The number of aryl methyl sites for hydroxylation is 2. The molecule has 6 aromatic rings. The van der Waals surface area contributed by atoms with Gasteiger partial charge in [-0.15, -0.1) is 0 Å². The van der Waals surface area contributed by atoms with Gasteiger partial charge >= 0.3 is 12.4 Å². The summed E-state index contributed by atoms with van der Waals surface area (Å²) >= 11 is 10.2. The Morgan fingerprint density at radius 2 is 1.00 bits per heavy atom. The largest absolute Gasteiger partial charge is 0.435 e. The first-order chi connectivity index (χ1) is 25.3. The average molecular weight is 1120 g/mol. The minimum absolute atomic E-state index is 0.108. The van der Waals surface area contributed by atoms with Crippen molar-refractivity contribution in [2.45, 2.75) is 51.5 Å². The predicted molar refractivity (Wildman–Crippen MR) is 202 cm³/mol. The molecule has 0 aliphatic heterocycles. The second kappa shape index (κ2) is 16.7. The summed E-state index contributed by atoms with van der Waals surface area (Å²) in [6.07, 6.45) is -9.50. The van der Waals surface area contributed by atoms with Crippen LogP contribution in [0.15, 0.2) is 70.1 Å². The molecule has 0 aliphatic carbocycles. The molecular formula is C32H24Br2F8I2N8O2. The van der Waals surface area contributed by atoms with E-state index < -0.39 is 47.6 Å². The van der Waals surface area contributed by atoms with Crippen LogP contribution < -0.4 is 0 Å². The first-order valence-electron chi connectivity index (χ1n) is 15.3. The zero-order valence-corrected chi connectivity index (χ0v) is 34.8. The highest BCUT2D eigenvalue weighted by Crippen LogP contribution is 2.37. The third-order valence-electron chi connectivity index (χ3n) is 7.68. The molecule has 0 fully saturated rings. The molecular weight excluding hydrogens is 1090 g/mol. The minimum atomic E-state index is -4.70. The number of aromatic nitrogens is 8. The van der Waals surface area contributed by atoms with Crippen LogP contribution in [-0.2, 0) is 25.4 Å². The van der Waals surface area contributed by atoms with Crippen molar-refractivity contribution in [2.24, 2.45) is 0 Å². The average Bonchev–Trinajstić information content (AvgIpc) is 3.89. The van der Waals surface area contributed by atoms with E-state index in [-0.39, 0.29) is 22.8 Å². The molecule has 0 bridgehead atoms. The lowest BCUT2D eigenvalue weighted by Crippen LogP contribution is -2.11. The normalized spacial score (nSPS) is 13.2. The monoisotopic (exact) mass is 1120 g/mol. The fourth-order valence-electron chi connectivity index (χ4n) is 5.05. The molecule has 4 aromatic heterocycles. The van der Waals surface area contributed by atoms with Crippen molar-refractivity contribution in [1.82, 2.24) is 39.1 Å². The van der Waals surface area contributed by atoms with Crippen LogP contribution >= 0.6 is 77.0 Å². The molecule has 10 nitrogen and oxygen atoms in total. The molecule has 2 atom stereocenters. The van der Waals surface area contributed by atoms with Gasteiger partial charge in [0.15, 0.2) is 11.4 Å². The fourth-order valence-corrected chi connectivity index (χ4v) is 7.78. The second-order valence-electron chi connectivity index (χ2n) is 11.1. The Hall–Kier alpha value is -2.94. The van der Waals surface area contributed by atoms with Gasteiger partial charge in [-0.05, 0) is 139 Å². The van der Waals surface area contributed by atoms with Crippen LogP contribution in [0.1, 0.15) is 60.0 Å². The first-order valence-corrected chi connectivity index (χ1v) is 19.0. The molecule has 54 heavy (non-hydrogen) atoms. The molecule has 0 aliphatic rings. The summed E-state index contributed by atoms with van der Waals surface area (Å²) in [7, 11) is 0. The van der Waals surface area contributed by atoms with Gasteiger partial charge in [0.25, 0.3) is 0 Å². The van der Waals surface area contributed by atoms with E-state index in [0.29, 0.717) is 40.6 Å². The van der Waals surface area contributed by atoms with Crippen molar-refractivity contribution < 1.29 is 45.3 Å². The van der Waals surface area contributed by atoms with E-state index in [2.05, 4.69) is 52.3 Å². The van der Waals surface area contributed by atoms with Crippen LogP contribution in [0, 0.1) is 18.8 Å². The highest BCUT2D eigenvalue weighted by atomic mass is 127. The number of rotatable bonds is 8. The van der Waals surface area contributed by atoms with E-state index in [1.165, 1.54) is 36.7 Å². The Bertz CT molecular complexity index is 2130. The molecule has 0 saturated heterocycles. The third-order valence-corrected chi connectivity index (χ3v) is 11.1. The van der Waals surface area contributed by atoms with Gasteiger partial charge in [-0.2, -0.15) is 46.7 Å². The minimum Gasteiger partial charge on any atom is -0.382 e. The fraction of sp³-hybridized carbons (Fsp3) is 0.250. The van der Waals surface area contributed by atoms with E-state index in [0.717, 1.165) is 33.6 Å². The maximum atomic E-state index is 13.4. The smallest absolute Gasteiger partial charge is 0.382 e. The zero-order valence-electron chi connectivity index (χ0n) is 27.4. The van der Waals surface area contributed by atoms with Crippen molar-refractivity contribution in [3.8, 4) is 11.4 Å². The van der Waals surface area contributed by atoms with E-state index in [4.69, 9.17) is 0 Å². The topological polar surface area (TPSA) is 112 Å². The van der Waals surface area contributed by atoms with Crippen LogP contribution in [0.5, 0.6) is 0 Å². The van der Waals surface area contributed by atoms with E-state index in [9.17, 15) is 45.3 Å². The van der Waals surface area contributed by atoms with E-state index in [1.54, 1.807) is 54.5 Å². The Morgan fingerprint density at radius 3 is 1.28 bits per heavy atom. The van der Waals surface area contributed by atoms with Crippen molar-refractivity contribution in [3.63, 3.8) is 0 Å². The maximum absolute atomic E-state index is 13.4. The molecule has 288 valence electrons. The zero-order chi connectivity index (χ0) is 39.9. The quantitative estimate of drug-likeness (QED) is 0.116. The van der Waals surface area contributed by atoms with Crippen LogP contribution in [0.4, 0.5) is 35.1 Å². The number of aliphatic hydroxyl groups excluding tert-OH is 2. The Labute approximate surface area is 344 Å². The highest BCUT2D eigenvalue weighted by molar-refractivity contribution is 14.1. The molecule has 0 saturated carbocycles. The summed E-state index contributed by atoms with van der Waals surface area (Å²) < 4.78 is 113. The standard InChI is InChI=1S/2C16H12BrF4IN4O/c2*1-2-25-15(17)9(7-23-25)14(27)12-6-13(16(19,20)21)24-26(12)11-4-3-8(18)5-10(11)22/h2*3-7,14,27H,2H2,1H3. The van der Waals surface area contributed by atoms with Crippen LogP contribution in [0.25, 0.3) is 11.4 Å². The summed E-state index contributed by atoms with van der Waals surface area (Å²) in [4.78, 5) is 0. The Kier molecular flexibility index (Phi) is 13.0. The maximum Gasteiger partial charge on any atom is 0.435 e. The SMILES string of the molecule is CCn1ncc(C(O)c2cc(C(F)(F)F)nn2-c2ccc(F)cc2I)c1Br.CCn1ncc(C(O)c2cc(C(F)(F)F)nn2-c2ccc(F)cc2I)c1Br. The number of nitrogens with zero attached hydrogens (tertiary/aromatic N) is 8. The number of hydrogen-bond acceptors (Lipinski definition) is 6. The summed E-state index contributed by atoms with van der Waals surface area (Å²) in [5.74, 6) is -1.05. The molecule has 2 N–H and O–H groups in total. The van der Waals surface area contributed by atoms with Gasteiger partial charge in [0.1, 0.15) is 33.0 Å². The van der Waals surface area contributed by atoms with Crippen molar-refractivity contribution in [1.29, 1.82) is 0 Å². The summed E-state index contributed by atoms with van der Waals surface area (Å²) in [5.41, 5.74) is -1.49. The van der Waals surface area contributed by atoms with Gasteiger partial charge in [-0.3, -0.25) is 9.36 Å². The number of halogens is 12. The lowest BCUT2D eigenvalue weighted by atomic mass is 10.1. The van der Waals surface area contributed by atoms with Gasteiger partial charge in [0.05, 0.1) is 35.2 Å². The van der Waals surface area contributed by atoms with Crippen LogP contribution in [0.2, 0.25) is 0 Å². The van der Waals surface area contributed by atoms with Crippen molar-refractivity contribution in [2.75, 3.05) is 0 Å². The Balaban J connectivity index is 0.000000208. The molecule has 0 amide bonds. The first kappa shape index (κ1) is 42.2. The molecule has 6 rings (SSSR count).